The third-order valence-electron chi connectivity index (χ3n) is 4.77. The maximum absolute atomic E-state index is 12.6. The lowest BCUT2D eigenvalue weighted by Gasteiger charge is -2.13. The quantitative estimate of drug-likeness (QED) is 0.417. The van der Waals surface area contributed by atoms with Crippen LogP contribution in [0.3, 0.4) is 0 Å². The smallest absolute Gasteiger partial charge is 0.257 e. The molecule has 0 saturated heterocycles. The largest absolute Gasteiger partial charge is 0.326 e. The highest BCUT2D eigenvalue weighted by Gasteiger charge is 2.15. The van der Waals surface area contributed by atoms with Gasteiger partial charge in [-0.15, -0.1) is 22.0 Å². The Morgan fingerprint density at radius 3 is 2.48 bits per heavy atom. The summed E-state index contributed by atoms with van der Waals surface area (Å²) < 4.78 is 0. The Hall–Kier alpha value is -2.71. The second kappa shape index (κ2) is 11.6. The molecule has 3 rings (SSSR count). The summed E-state index contributed by atoms with van der Waals surface area (Å²) in [5.74, 6) is 1.30. The summed E-state index contributed by atoms with van der Waals surface area (Å²) in [5, 5.41) is 15.3. The van der Waals surface area contributed by atoms with Crippen LogP contribution < -0.4 is 10.6 Å². The number of hydrogen-bond acceptors (Lipinski definition) is 6. The van der Waals surface area contributed by atoms with Crippen molar-refractivity contribution in [2.75, 3.05) is 10.6 Å². The molecule has 0 aliphatic heterocycles. The van der Waals surface area contributed by atoms with E-state index in [9.17, 15) is 9.59 Å². The van der Waals surface area contributed by atoms with Crippen LogP contribution in [0.5, 0.6) is 0 Å². The van der Waals surface area contributed by atoms with Gasteiger partial charge in [0, 0.05) is 28.7 Å². The lowest BCUT2D eigenvalue weighted by Crippen LogP contribution is -2.22. The molecule has 0 spiro atoms. The maximum atomic E-state index is 12.6. The summed E-state index contributed by atoms with van der Waals surface area (Å²) >= 11 is 3.13. The van der Waals surface area contributed by atoms with E-state index in [1.165, 1.54) is 16.9 Å². The SMILES string of the molecule is CCC(CC)C(=O)Nc1cccc(C(=O)Nc2nnc(CSCc3ccccc3)s2)c1. The number of nitrogens with zero attached hydrogens (tertiary/aromatic N) is 2. The Labute approximate surface area is 190 Å². The molecule has 2 amide bonds. The average Bonchev–Trinajstić information content (AvgIpc) is 3.22. The van der Waals surface area contributed by atoms with Gasteiger partial charge in [-0.2, -0.15) is 0 Å². The van der Waals surface area contributed by atoms with Crippen molar-refractivity contribution in [3.63, 3.8) is 0 Å². The molecule has 0 saturated carbocycles. The lowest BCUT2D eigenvalue weighted by molar-refractivity contribution is -0.120. The van der Waals surface area contributed by atoms with Gasteiger partial charge in [0.05, 0.1) is 0 Å². The van der Waals surface area contributed by atoms with Crippen molar-refractivity contribution in [2.24, 2.45) is 5.92 Å². The zero-order valence-corrected chi connectivity index (χ0v) is 19.3. The first-order valence-corrected chi connectivity index (χ1v) is 12.2. The van der Waals surface area contributed by atoms with E-state index in [4.69, 9.17) is 0 Å². The van der Waals surface area contributed by atoms with Crippen molar-refractivity contribution in [1.82, 2.24) is 10.2 Å². The minimum atomic E-state index is -0.279. The number of carbonyl (C=O) groups is 2. The molecule has 162 valence electrons. The van der Waals surface area contributed by atoms with Gasteiger partial charge in [0.1, 0.15) is 5.01 Å². The number of amides is 2. The molecule has 2 N–H and O–H groups in total. The molecule has 0 aliphatic rings. The van der Waals surface area contributed by atoms with Crippen LogP contribution in [0.4, 0.5) is 10.8 Å². The predicted molar refractivity (Wildman–Crippen MR) is 128 cm³/mol. The number of carbonyl (C=O) groups excluding carboxylic acids is 2. The minimum absolute atomic E-state index is 0.0238. The van der Waals surface area contributed by atoms with Crippen molar-refractivity contribution in [3.8, 4) is 0 Å². The summed E-state index contributed by atoms with van der Waals surface area (Å²) in [4.78, 5) is 24.9. The topological polar surface area (TPSA) is 84.0 Å². The molecule has 0 aliphatic carbocycles. The molecule has 0 unspecified atom stereocenters. The maximum Gasteiger partial charge on any atom is 0.257 e. The molecule has 0 bridgehead atoms. The van der Waals surface area contributed by atoms with E-state index in [1.54, 1.807) is 36.0 Å². The monoisotopic (exact) mass is 454 g/mol. The van der Waals surface area contributed by atoms with Crippen LogP contribution in [0, 0.1) is 5.92 Å². The molecule has 2 aromatic carbocycles. The molecule has 0 fully saturated rings. The van der Waals surface area contributed by atoms with Crippen molar-refractivity contribution in [2.45, 2.75) is 38.2 Å². The fourth-order valence-corrected chi connectivity index (χ4v) is 4.78. The first-order valence-electron chi connectivity index (χ1n) is 10.2. The van der Waals surface area contributed by atoms with Crippen LogP contribution in [0.25, 0.3) is 0 Å². The summed E-state index contributed by atoms with van der Waals surface area (Å²) in [6.07, 6.45) is 1.57. The Morgan fingerprint density at radius 2 is 1.74 bits per heavy atom. The number of benzene rings is 2. The fourth-order valence-electron chi connectivity index (χ4n) is 3.00. The number of aromatic nitrogens is 2. The first kappa shape index (κ1) is 23.0. The normalized spacial score (nSPS) is 10.8. The fraction of sp³-hybridized carbons (Fsp3) is 0.304. The molecule has 0 radical (unpaired) electrons. The zero-order chi connectivity index (χ0) is 22.1. The van der Waals surface area contributed by atoms with E-state index in [0.717, 1.165) is 29.4 Å². The summed E-state index contributed by atoms with van der Waals surface area (Å²) in [6, 6.07) is 17.2. The van der Waals surface area contributed by atoms with Crippen molar-refractivity contribution in [3.05, 3.63) is 70.7 Å². The number of rotatable bonds is 10. The standard InChI is InChI=1S/C23H26N4O2S2/c1-3-17(4-2)21(28)24-19-12-8-11-18(13-19)22(29)25-23-27-26-20(31-23)15-30-14-16-9-6-5-7-10-16/h5-13,17H,3-4,14-15H2,1-2H3,(H,24,28)(H,25,27,29). The van der Waals surface area contributed by atoms with Crippen LogP contribution in [0.1, 0.15) is 47.6 Å². The molecule has 8 heteroatoms. The molecular formula is C23H26N4O2S2. The Bertz CT molecular complexity index is 1000. The van der Waals surface area contributed by atoms with E-state index < -0.39 is 0 Å². The summed E-state index contributed by atoms with van der Waals surface area (Å²) in [5.41, 5.74) is 2.33. The first-order chi connectivity index (χ1) is 15.1. The highest BCUT2D eigenvalue weighted by Crippen LogP contribution is 2.23. The minimum Gasteiger partial charge on any atom is -0.326 e. The second-order valence-electron chi connectivity index (χ2n) is 7.02. The predicted octanol–water partition coefficient (Wildman–Crippen LogP) is 5.60. The molecule has 31 heavy (non-hydrogen) atoms. The number of hydrogen-bond donors (Lipinski definition) is 2. The van der Waals surface area contributed by atoms with Gasteiger partial charge in [-0.05, 0) is 36.6 Å². The van der Waals surface area contributed by atoms with Crippen LogP contribution in [-0.4, -0.2) is 22.0 Å². The molecule has 1 heterocycles. The third kappa shape index (κ3) is 6.90. The van der Waals surface area contributed by atoms with E-state index in [-0.39, 0.29) is 17.7 Å². The number of anilines is 2. The van der Waals surface area contributed by atoms with Crippen molar-refractivity contribution >= 4 is 45.7 Å². The Balaban J connectivity index is 1.54. The van der Waals surface area contributed by atoms with Gasteiger partial charge in [-0.3, -0.25) is 14.9 Å². The van der Waals surface area contributed by atoms with Crippen LogP contribution >= 0.6 is 23.1 Å². The molecule has 6 nitrogen and oxygen atoms in total. The molecule has 3 aromatic rings. The molecule has 0 atom stereocenters. The molecular weight excluding hydrogens is 428 g/mol. The highest BCUT2D eigenvalue weighted by molar-refractivity contribution is 7.97. The van der Waals surface area contributed by atoms with Crippen molar-refractivity contribution in [1.29, 1.82) is 0 Å². The average molecular weight is 455 g/mol. The van der Waals surface area contributed by atoms with E-state index >= 15 is 0 Å². The number of thioether (sulfide) groups is 1. The van der Waals surface area contributed by atoms with E-state index in [1.807, 2.05) is 32.0 Å². The zero-order valence-electron chi connectivity index (χ0n) is 17.6. The van der Waals surface area contributed by atoms with Crippen molar-refractivity contribution < 1.29 is 9.59 Å². The van der Waals surface area contributed by atoms with Gasteiger partial charge >= 0.3 is 0 Å². The van der Waals surface area contributed by atoms with Crippen LogP contribution in [0.2, 0.25) is 0 Å². The Morgan fingerprint density at radius 1 is 0.968 bits per heavy atom. The number of nitrogens with one attached hydrogen (secondary N) is 2. The van der Waals surface area contributed by atoms with Crippen LogP contribution in [0.15, 0.2) is 54.6 Å². The van der Waals surface area contributed by atoms with Gasteiger partial charge in [0.15, 0.2) is 0 Å². The third-order valence-corrected chi connectivity index (χ3v) is 6.81. The lowest BCUT2D eigenvalue weighted by atomic mass is 10.0. The second-order valence-corrected chi connectivity index (χ2v) is 9.06. The van der Waals surface area contributed by atoms with E-state index in [2.05, 4.69) is 33.0 Å². The van der Waals surface area contributed by atoms with Gasteiger partial charge in [0.2, 0.25) is 11.0 Å². The van der Waals surface area contributed by atoms with Gasteiger partial charge in [-0.1, -0.05) is 61.6 Å². The van der Waals surface area contributed by atoms with Gasteiger partial charge in [-0.25, -0.2) is 0 Å². The van der Waals surface area contributed by atoms with E-state index in [0.29, 0.717) is 16.4 Å². The Kier molecular flexibility index (Phi) is 8.61. The van der Waals surface area contributed by atoms with Gasteiger partial charge < -0.3 is 5.32 Å². The highest BCUT2D eigenvalue weighted by atomic mass is 32.2. The summed E-state index contributed by atoms with van der Waals surface area (Å²) in [6.45, 7) is 3.99. The molecule has 1 aromatic heterocycles. The summed E-state index contributed by atoms with van der Waals surface area (Å²) in [7, 11) is 0. The van der Waals surface area contributed by atoms with Crippen LogP contribution in [-0.2, 0) is 16.3 Å². The van der Waals surface area contributed by atoms with Gasteiger partial charge in [0.25, 0.3) is 5.91 Å².